The molecule has 0 spiro atoms. The second-order valence-corrected chi connectivity index (χ2v) is 7.31. The van der Waals surface area contributed by atoms with Gasteiger partial charge in [-0.2, -0.15) is 0 Å². The number of rotatable bonds is 10. The molecule has 2 bridgehead atoms. The maximum atomic E-state index is 11.0. The molecule has 6 heteroatoms. The molecule has 1 aromatic carbocycles. The van der Waals surface area contributed by atoms with Crippen molar-refractivity contribution in [3.05, 3.63) is 30.3 Å². The van der Waals surface area contributed by atoms with E-state index in [9.17, 15) is 4.79 Å². The largest absolute Gasteiger partial charge is 0.493 e. The SMILES string of the molecule is CC(CCCC(=O)NO)OCC1C2CCC(O2)C1COc1ccccc1. The number of carbonyl (C=O) groups excluding carboxylic acids is 1. The summed E-state index contributed by atoms with van der Waals surface area (Å²) in [5.41, 5.74) is 1.66. The smallest absolute Gasteiger partial charge is 0.243 e. The van der Waals surface area contributed by atoms with Crippen LogP contribution < -0.4 is 10.2 Å². The minimum absolute atomic E-state index is 0.0799. The summed E-state index contributed by atoms with van der Waals surface area (Å²) < 4.78 is 18.1. The Morgan fingerprint density at radius 1 is 1.23 bits per heavy atom. The summed E-state index contributed by atoms with van der Waals surface area (Å²) in [5, 5.41) is 8.51. The van der Waals surface area contributed by atoms with Gasteiger partial charge in [0.25, 0.3) is 0 Å². The lowest BCUT2D eigenvalue weighted by atomic mass is 9.80. The zero-order valence-corrected chi connectivity index (χ0v) is 15.3. The highest BCUT2D eigenvalue weighted by Crippen LogP contribution is 2.43. The van der Waals surface area contributed by atoms with Crippen LogP contribution in [0.3, 0.4) is 0 Å². The first kappa shape index (κ1) is 19.1. The summed E-state index contributed by atoms with van der Waals surface area (Å²) in [6.45, 7) is 3.35. The normalized spacial score (nSPS) is 28.1. The molecule has 144 valence electrons. The van der Waals surface area contributed by atoms with E-state index >= 15 is 0 Å². The summed E-state index contributed by atoms with van der Waals surface area (Å²) in [4.78, 5) is 11.0. The molecule has 2 fully saturated rings. The van der Waals surface area contributed by atoms with Crippen LogP contribution in [0.2, 0.25) is 0 Å². The van der Waals surface area contributed by atoms with E-state index in [-0.39, 0.29) is 24.2 Å². The van der Waals surface area contributed by atoms with Crippen molar-refractivity contribution >= 4 is 5.91 Å². The number of carbonyl (C=O) groups is 1. The lowest BCUT2D eigenvalue weighted by Gasteiger charge is -2.29. The van der Waals surface area contributed by atoms with Gasteiger partial charge in [0.1, 0.15) is 5.75 Å². The highest BCUT2D eigenvalue weighted by atomic mass is 16.5. The molecule has 2 saturated heterocycles. The number of nitrogens with one attached hydrogen (secondary N) is 1. The van der Waals surface area contributed by atoms with E-state index < -0.39 is 0 Å². The van der Waals surface area contributed by atoms with Gasteiger partial charge in [-0.1, -0.05) is 18.2 Å². The van der Waals surface area contributed by atoms with Gasteiger partial charge in [0, 0.05) is 18.3 Å². The molecule has 2 aliphatic rings. The molecule has 5 unspecified atom stereocenters. The van der Waals surface area contributed by atoms with E-state index in [1.807, 2.05) is 37.3 Å². The van der Waals surface area contributed by atoms with Crippen molar-refractivity contribution < 1.29 is 24.2 Å². The summed E-state index contributed by atoms with van der Waals surface area (Å²) >= 11 is 0. The fraction of sp³-hybridized carbons (Fsp3) is 0.650. The van der Waals surface area contributed by atoms with Crippen LogP contribution in [0.25, 0.3) is 0 Å². The quantitative estimate of drug-likeness (QED) is 0.494. The standard InChI is InChI=1S/C20H29NO5/c1-14(6-5-9-20(22)21-23)24-12-16-17(19-11-10-18(16)26-19)13-25-15-7-3-2-4-8-15/h2-4,7-8,14,16-19,23H,5-6,9-13H2,1H3,(H,21,22). The molecule has 0 aliphatic carbocycles. The number of ether oxygens (including phenoxy) is 3. The van der Waals surface area contributed by atoms with E-state index in [2.05, 4.69) is 0 Å². The fourth-order valence-corrected chi connectivity index (χ4v) is 4.01. The third-order valence-corrected chi connectivity index (χ3v) is 5.49. The van der Waals surface area contributed by atoms with Crippen LogP contribution in [-0.2, 0) is 14.3 Å². The van der Waals surface area contributed by atoms with Crippen LogP contribution in [0.15, 0.2) is 30.3 Å². The van der Waals surface area contributed by atoms with Crippen LogP contribution in [0.5, 0.6) is 5.75 Å². The first-order chi connectivity index (χ1) is 12.7. The van der Waals surface area contributed by atoms with Gasteiger partial charge in [-0.3, -0.25) is 10.0 Å². The van der Waals surface area contributed by atoms with Crippen molar-refractivity contribution in [1.29, 1.82) is 0 Å². The first-order valence-corrected chi connectivity index (χ1v) is 9.55. The van der Waals surface area contributed by atoms with Gasteiger partial charge in [-0.05, 0) is 44.7 Å². The molecule has 3 rings (SSSR count). The lowest BCUT2D eigenvalue weighted by molar-refractivity contribution is -0.129. The Hall–Kier alpha value is -1.63. The van der Waals surface area contributed by atoms with Crippen LogP contribution >= 0.6 is 0 Å². The Kier molecular flexibility index (Phi) is 6.88. The summed E-state index contributed by atoms with van der Waals surface area (Å²) in [7, 11) is 0. The van der Waals surface area contributed by atoms with Crippen LogP contribution in [-0.4, -0.2) is 42.6 Å². The summed E-state index contributed by atoms with van der Waals surface area (Å²) in [6, 6.07) is 9.89. The molecule has 5 atom stereocenters. The van der Waals surface area contributed by atoms with Crippen molar-refractivity contribution in [3.8, 4) is 5.75 Å². The number of hydrogen-bond acceptors (Lipinski definition) is 5. The van der Waals surface area contributed by atoms with E-state index in [4.69, 9.17) is 19.4 Å². The van der Waals surface area contributed by atoms with E-state index in [0.29, 0.717) is 37.9 Å². The Morgan fingerprint density at radius 2 is 1.92 bits per heavy atom. The molecule has 1 amide bonds. The van der Waals surface area contributed by atoms with Gasteiger partial charge in [-0.25, -0.2) is 5.48 Å². The number of benzene rings is 1. The highest BCUT2D eigenvalue weighted by molar-refractivity contribution is 5.74. The maximum Gasteiger partial charge on any atom is 0.243 e. The zero-order valence-electron chi connectivity index (χ0n) is 15.3. The number of para-hydroxylation sites is 1. The average Bonchev–Trinajstić information content (AvgIpc) is 3.27. The van der Waals surface area contributed by atoms with Crippen LogP contribution in [0, 0.1) is 11.8 Å². The molecule has 2 aliphatic heterocycles. The third-order valence-electron chi connectivity index (χ3n) is 5.49. The Labute approximate surface area is 154 Å². The Balaban J connectivity index is 1.44. The number of hydrogen-bond donors (Lipinski definition) is 2. The van der Waals surface area contributed by atoms with Gasteiger partial charge >= 0.3 is 0 Å². The van der Waals surface area contributed by atoms with Gasteiger partial charge < -0.3 is 14.2 Å². The molecule has 0 saturated carbocycles. The molecule has 26 heavy (non-hydrogen) atoms. The van der Waals surface area contributed by atoms with Crippen molar-refractivity contribution in [2.24, 2.45) is 11.8 Å². The predicted molar refractivity (Wildman–Crippen MR) is 96.0 cm³/mol. The van der Waals surface area contributed by atoms with Crippen molar-refractivity contribution in [3.63, 3.8) is 0 Å². The first-order valence-electron chi connectivity index (χ1n) is 9.55. The number of amides is 1. The minimum atomic E-state index is -0.350. The molecule has 6 nitrogen and oxygen atoms in total. The maximum absolute atomic E-state index is 11.0. The van der Waals surface area contributed by atoms with Crippen molar-refractivity contribution in [2.75, 3.05) is 13.2 Å². The average molecular weight is 363 g/mol. The number of hydroxylamine groups is 1. The second kappa shape index (κ2) is 9.35. The topological polar surface area (TPSA) is 77.0 Å². The fourth-order valence-electron chi connectivity index (χ4n) is 4.01. The number of fused-ring (bicyclic) bond motifs is 2. The second-order valence-electron chi connectivity index (χ2n) is 7.31. The summed E-state index contributed by atoms with van der Waals surface area (Å²) in [6.07, 6.45) is 4.65. The third kappa shape index (κ3) is 4.96. The van der Waals surface area contributed by atoms with E-state index in [1.165, 1.54) is 0 Å². The van der Waals surface area contributed by atoms with Crippen LogP contribution in [0.1, 0.15) is 39.0 Å². The van der Waals surface area contributed by atoms with Crippen molar-refractivity contribution in [1.82, 2.24) is 5.48 Å². The lowest BCUT2D eigenvalue weighted by Crippen LogP contribution is -2.35. The summed E-state index contributed by atoms with van der Waals surface area (Å²) in [5.74, 6) is 1.27. The van der Waals surface area contributed by atoms with E-state index in [1.54, 1.807) is 5.48 Å². The molecular formula is C20H29NO5. The molecule has 2 heterocycles. The minimum Gasteiger partial charge on any atom is -0.493 e. The molecule has 0 radical (unpaired) electrons. The predicted octanol–water partition coefficient (Wildman–Crippen LogP) is 2.94. The zero-order chi connectivity index (χ0) is 18.4. The molecular weight excluding hydrogens is 334 g/mol. The van der Waals surface area contributed by atoms with Gasteiger partial charge in [-0.15, -0.1) is 0 Å². The van der Waals surface area contributed by atoms with Crippen LogP contribution in [0.4, 0.5) is 0 Å². The van der Waals surface area contributed by atoms with Crippen molar-refractivity contribution in [2.45, 2.75) is 57.3 Å². The van der Waals surface area contributed by atoms with Gasteiger partial charge in [0.05, 0.1) is 31.5 Å². The van der Waals surface area contributed by atoms with E-state index in [0.717, 1.165) is 25.0 Å². The monoisotopic (exact) mass is 363 g/mol. The molecule has 2 N–H and O–H groups in total. The Morgan fingerprint density at radius 3 is 2.62 bits per heavy atom. The van der Waals surface area contributed by atoms with Gasteiger partial charge in [0.2, 0.25) is 5.91 Å². The Bertz CT molecular complexity index is 567. The molecule has 1 aromatic rings. The van der Waals surface area contributed by atoms with Gasteiger partial charge in [0.15, 0.2) is 0 Å². The molecule has 0 aromatic heterocycles. The highest BCUT2D eigenvalue weighted by Gasteiger charge is 2.49.